The smallest absolute Gasteiger partial charge is 0.264 e. The molecule has 3 rings (SSSR count). The molecular formula is C27H30ClN3O4S. The summed E-state index contributed by atoms with van der Waals surface area (Å²) in [6.07, 6.45) is 0. The van der Waals surface area contributed by atoms with E-state index in [1.54, 1.807) is 31.2 Å². The summed E-state index contributed by atoms with van der Waals surface area (Å²) in [5.41, 5.74) is 3.11. The second-order valence-electron chi connectivity index (χ2n) is 8.54. The van der Waals surface area contributed by atoms with E-state index in [1.807, 2.05) is 38.1 Å². The fourth-order valence-electron chi connectivity index (χ4n) is 3.74. The van der Waals surface area contributed by atoms with Crippen LogP contribution in [0.15, 0.2) is 77.7 Å². The van der Waals surface area contributed by atoms with Crippen LogP contribution in [0, 0.1) is 13.8 Å². The summed E-state index contributed by atoms with van der Waals surface area (Å²) in [4.78, 5) is 27.7. The fourth-order valence-corrected chi connectivity index (χ4v) is 5.28. The summed E-state index contributed by atoms with van der Waals surface area (Å²) in [6.45, 7) is 5.11. The van der Waals surface area contributed by atoms with Crippen LogP contribution in [-0.4, -0.2) is 44.8 Å². The van der Waals surface area contributed by atoms with Crippen LogP contribution in [0.4, 0.5) is 5.69 Å². The summed E-state index contributed by atoms with van der Waals surface area (Å²) < 4.78 is 28.5. The van der Waals surface area contributed by atoms with Crippen LogP contribution in [0.3, 0.4) is 0 Å². The lowest BCUT2D eigenvalue weighted by Gasteiger charge is -2.32. The van der Waals surface area contributed by atoms with Gasteiger partial charge in [0.2, 0.25) is 11.8 Å². The van der Waals surface area contributed by atoms with E-state index in [9.17, 15) is 18.0 Å². The Balaban J connectivity index is 2.03. The van der Waals surface area contributed by atoms with Gasteiger partial charge in [0.05, 0.1) is 10.6 Å². The lowest BCUT2D eigenvalue weighted by molar-refractivity contribution is -0.139. The number of carbonyl (C=O) groups excluding carboxylic acids is 2. The maximum absolute atomic E-state index is 13.7. The standard InChI is InChI=1S/C27H30ClN3O4S/c1-19-9-13-24(14-10-19)31(36(34,35)25-15-11-23(28)12-16-25)18-26(32)30(21(3)27(33)29-4)17-22-8-6-5-7-20(22)2/h5-16,21H,17-18H2,1-4H3,(H,29,33)/t21-/m1/s1. The van der Waals surface area contributed by atoms with E-state index in [0.717, 1.165) is 21.0 Å². The second kappa shape index (κ2) is 11.6. The first-order valence-corrected chi connectivity index (χ1v) is 13.3. The molecule has 0 unspecified atom stereocenters. The number of amides is 2. The van der Waals surface area contributed by atoms with Crippen molar-refractivity contribution in [2.45, 2.75) is 38.3 Å². The van der Waals surface area contributed by atoms with E-state index in [-0.39, 0.29) is 17.3 Å². The summed E-state index contributed by atoms with van der Waals surface area (Å²) >= 11 is 5.96. The largest absolute Gasteiger partial charge is 0.357 e. The Morgan fingerprint density at radius 1 is 0.944 bits per heavy atom. The Morgan fingerprint density at radius 3 is 2.14 bits per heavy atom. The molecule has 7 nitrogen and oxygen atoms in total. The number of hydrogen-bond acceptors (Lipinski definition) is 4. The molecule has 0 spiro atoms. The molecule has 1 atom stereocenters. The molecule has 0 aromatic heterocycles. The van der Waals surface area contributed by atoms with Crippen LogP contribution in [0.5, 0.6) is 0 Å². The van der Waals surface area contributed by atoms with Crippen LogP contribution in [0.1, 0.15) is 23.6 Å². The number of benzene rings is 3. The Kier molecular flexibility index (Phi) is 8.76. The van der Waals surface area contributed by atoms with Crippen molar-refractivity contribution in [3.8, 4) is 0 Å². The first kappa shape index (κ1) is 27.2. The van der Waals surface area contributed by atoms with E-state index in [2.05, 4.69) is 5.32 Å². The number of carbonyl (C=O) groups is 2. The van der Waals surface area contributed by atoms with E-state index < -0.39 is 28.5 Å². The van der Waals surface area contributed by atoms with E-state index in [1.165, 1.54) is 36.2 Å². The maximum Gasteiger partial charge on any atom is 0.264 e. The lowest BCUT2D eigenvalue weighted by Crippen LogP contribution is -2.50. The third kappa shape index (κ3) is 6.25. The Bertz CT molecular complexity index is 1330. The number of aryl methyl sites for hydroxylation is 2. The van der Waals surface area contributed by atoms with Crippen LogP contribution in [0.2, 0.25) is 5.02 Å². The van der Waals surface area contributed by atoms with Gasteiger partial charge in [0.25, 0.3) is 10.0 Å². The average molecular weight is 528 g/mol. The van der Waals surface area contributed by atoms with E-state index >= 15 is 0 Å². The third-order valence-electron chi connectivity index (χ3n) is 6.02. The van der Waals surface area contributed by atoms with Crippen molar-refractivity contribution in [1.29, 1.82) is 0 Å². The minimum absolute atomic E-state index is 0.00470. The monoisotopic (exact) mass is 527 g/mol. The molecule has 0 saturated carbocycles. The first-order valence-electron chi connectivity index (χ1n) is 11.4. The van der Waals surface area contributed by atoms with Gasteiger partial charge in [-0.25, -0.2) is 8.42 Å². The maximum atomic E-state index is 13.7. The summed E-state index contributed by atoms with van der Waals surface area (Å²) in [5.74, 6) is -0.855. The predicted octanol–water partition coefficient (Wildman–Crippen LogP) is 4.32. The van der Waals surface area contributed by atoms with Crippen LogP contribution in [-0.2, 0) is 26.2 Å². The molecule has 3 aromatic carbocycles. The van der Waals surface area contributed by atoms with Gasteiger partial charge in [0.1, 0.15) is 12.6 Å². The highest BCUT2D eigenvalue weighted by Crippen LogP contribution is 2.26. The molecule has 2 amide bonds. The second-order valence-corrected chi connectivity index (χ2v) is 10.8. The van der Waals surface area contributed by atoms with Gasteiger partial charge >= 0.3 is 0 Å². The predicted molar refractivity (Wildman–Crippen MR) is 142 cm³/mol. The topological polar surface area (TPSA) is 86.8 Å². The van der Waals surface area contributed by atoms with Gasteiger partial charge in [-0.05, 0) is 68.3 Å². The Labute approximate surface area is 217 Å². The number of sulfonamides is 1. The zero-order valence-corrected chi connectivity index (χ0v) is 22.3. The van der Waals surface area contributed by atoms with Crippen LogP contribution in [0.25, 0.3) is 0 Å². The molecule has 36 heavy (non-hydrogen) atoms. The number of nitrogens with zero attached hydrogens (tertiary/aromatic N) is 2. The molecule has 190 valence electrons. The minimum atomic E-state index is -4.12. The van der Waals surface area contributed by atoms with Crippen molar-refractivity contribution < 1.29 is 18.0 Å². The first-order chi connectivity index (χ1) is 17.0. The molecule has 9 heteroatoms. The van der Waals surface area contributed by atoms with Crippen molar-refractivity contribution in [2.75, 3.05) is 17.9 Å². The molecule has 3 aromatic rings. The summed E-state index contributed by atoms with van der Waals surface area (Å²) in [7, 11) is -2.62. The molecule has 0 heterocycles. The summed E-state index contributed by atoms with van der Waals surface area (Å²) in [6, 6.07) is 19.4. The number of hydrogen-bond donors (Lipinski definition) is 1. The molecule has 0 radical (unpaired) electrons. The van der Waals surface area contributed by atoms with Crippen molar-refractivity contribution >= 4 is 39.1 Å². The van der Waals surface area contributed by atoms with Gasteiger partial charge in [-0.2, -0.15) is 0 Å². The van der Waals surface area contributed by atoms with Crippen LogP contribution >= 0.6 is 11.6 Å². The number of nitrogens with one attached hydrogen (secondary N) is 1. The molecule has 0 aliphatic carbocycles. The van der Waals surface area contributed by atoms with Gasteiger partial charge < -0.3 is 10.2 Å². The van der Waals surface area contributed by atoms with E-state index in [4.69, 9.17) is 11.6 Å². The van der Waals surface area contributed by atoms with Crippen molar-refractivity contribution in [3.05, 3.63) is 94.5 Å². The molecule has 0 aliphatic rings. The SMILES string of the molecule is CNC(=O)[C@@H](C)N(Cc1ccccc1C)C(=O)CN(c1ccc(C)cc1)S(=O)(=O)c1ccc(Cl)cc1. The van der Waals surface area contributed by atoms with Gasteiger partial charge in [0, 0.05) is 18.6 Å². The van der Waals surface area contributed by atoms with Gasteiger partial charge in [-0.3, -0.25) is 13.9 Å². The van der Waals surface area contributed by atoms with E-state index in [0.29, 0.717) is 10.7 Å². The molecule has 1 N–H and O–H groups in total. The number of rotatable bonds is 9. The zero-order chi connectivity index (χ0) is 26.5. The van der Waals surface area contributed by atoms with Crippen molar-refractivity contribution in [2.24, 2.45) is 0 Å². The molecule has 0 bridgehead atoms. The highest BCUT2D eigenvalue weighted by molar-refractivity contribution is 7.92. The highest BCUT2D eigenvalue weighted by Gasteiger charge is 2.32. The average Bonchev–Trinajstić information content (AvgIpc) is 2.86. The zero-order valence-electron chi connectivity index (χ0n) is 20.7. The van der Waals surface area contributed by atoms with Crippen molar-refractivity contribution in [1.82, 2.24) is 10.2 Å². The minimum Gasteiger partial charge on any atom is -0.357 e. The fraction of sp³-hybridized carbons (Fsp3) is 0.259. The van der Waals surface area contributed by atoms with Crippen LogP contribution < -0.4 is 9.62 Å². The molecular weight excluding hydrogens is 498 g/mol. The number of likely N-dealkylation sites (N-methyl/N-ethyl adjacent to an activating group) is 1. The third-order valence-corrected chi connectivity index (χ3v) is 8.06. The quantitative estimate of drug-likeness (QED) is 0.449. The normalized spacial score (nSPS) is 12.0. The molecule has 0 aliphatic heterocycles. The van der Waals surface area contributed by atoms with Gasteiger partial charge in [-0.15, -0.1) is 0 Å². The summed E-state index contributed by atoms with van der Waals surface area (Å²) in [5, 5.41) is 2.97. The highest BCUT2D eigenvalue weighted by atomic mass is 35.5. The Hall–Kier alpha value is -3.36. The number of anilines is 1. The molecule has 0 saturated heterocycles. The Morgan fingerprint density at radius 2 is 1.56 bits per heavy atom. The molecule has 0 fully saturated rings. The van der Waals surface area contributed by atoms with Crippen molar-refractivity contribution in [3.63, 3.8) is 0 Å². The van der Waals surface area contributed by atoms with Gasteiger partial charge in [0.15, 0.2) is 0 Å². The lowest BCUT2D eigenvalue weighted by atomic mass is 10.1. The number of halogens is 1. The van der Waals surface area contributed by atoms with Gasteiger partial charge in [-0.1, -0.05) is 53.6 Å².